The maximum absolute atomic E-state index is 12.6. The van der Waals surface area contributed by atoms with Crippen LogP contribution in [-0.2, 0) is 18.0 Å². The molecule has 0 aliphatic heterocycles. The highest BCUT2D eigenvalue weighted by Gasteiger charge is 2.38. The molecule has 0 fully saturated rings. The van der Waals surface area contributed by atoms with Crippen LogP contribution in [0.3, 0.4) is 0 Å². The van der Waals surface area contributed by atoms with Crippen molar-refractivity contribution in [2.24, 2.45) is 0 Å². The fourth-order valence-corrected chi connectivity index (χ4v) is 1.47. The van der Waals surface area contributed by atoms with E-state index in [0.29, 0.717) is 12.1 Å². The molecule has 1 rings (SSSR count). The molecular formula is C12H12F6O. The first-order valence-corrected chi connectivity index (χ1v) is 5.40. The molecule has 0 radical (unpaired) electrons. The maximum atomic E-state index is 12.6. The Morgan fingerprint density at radius 3 is 1.42 bits per heavy atom. The summed E-state index contributed by atoms with van der Waals surface area (Å²) >= 11 is 0. The van der Waals surface area contributed by atoms with Crippen molar-refractivity contribution in [1.82, 2.24) is 0 Å². The minimum Gasteiger partial charge on any atom is -0.385 e. The zero-order valence-corrected chi connectivity index (χ0v) is 10.2. The Labute approximate surface area is 105 Å². The van der Waals surface area contributed by atoms with Gasteiger partial charge in [-0.05, 0) is 37.1 Å². The number of rotatable bonds is 2. The van der Waals surface area contributed by atoms with E-state index in [1.807, 2.05) is 0 Å². The van der Waals surface area contributed by atoms with Crippen LogP contribution in [0.15, 0.2) is 18.2 Å². The molecule has 108 valence electrons. The van der Waals surface area contributed by atoms with E-state index in [0.717, 1.165) is 0 Å². The molecule has 0 saturated heterocycles. The summed E-state index contributed by atoms with van der Waals surface area (Å²) in [6, 6.07) is 1.12. The van der Waals surface area contributed by atoms with Crippen LogP contribution in [0.5, 0.6) is 0 Å². The standard InChI is InChI=1S/C12H12F6O/c1-3-10(2,19)7-4-8(11(13,14)15)6-9(5-7)12(16,17)18/h4-6,19H,3H2,1-2H3/t10-/m0/s1. The molecule has 0 spiro atoms. The van der Waals surface area contributed by atoms with Gasteiger partial charge in [-0.25, -0.2) is 0 Å². The highest BCUT2D eigenvalue weighted by atomic mass is 19.4. The molecule has 0 aliphatic rings. The molecule has 0 amide bonds. The molecule has 19 heavy (non-hydrogen) atoms. The minimum absolute atomic E-state index is 0.00833. The second-order valence-corrected chi connectivity index (χ2v) is 4.42. The number of hydrogen-bond acceptors (Lipinski definition) is 1. The first-order chi connectivity index (χ1) is 8.38. The fourth-order valence-electron chi connectivity index (χ4n) is 1.47. The topological polar surface area (TPSA) is 20.2 Å². The Morgan fingerprint density at radius 2 is 1.16 bits per heavy atom. The number of benzene rings is 1. The van der Waals surface area contributed by atoms with Crippen LogP contribution in [0.2, 0.25) is 0 Å². The third-order valence-corrected chi connectivity index (χ3v) is 2.90. The van der Waals surface area contributed by atoms with Gasteiger partial charge in [0, 0.05) is 0 Å². The SMILES string of the molecule is CC[C@](C)(O)c1cc(C(F)(F)F)cc(C(F)(F)F)c1. The Balaban J connectivity index is 3.51. The minimum atomic E-state index is -4.90. The van der Waals surface area contributed by atoms with Gasteiger partial charge in [0.05, 0.1) is 16.7 Å². The smallest absolute Gasteiger partial charge is 0.385 e. The van der Waals surface area contributed by atoms with Crippen LogP contribution in [-0.4, -0.2) is 5.11 Å². The third kappa shape index (κ3) is 3.62. The van der Waals surface area contributed by atoms with Crippen molar-refractivity contribution in [2.75, 3.05) is 0 Å². The second-order valence-electron chi connectivity index (χ2n) is 4.42. The van der Waals surface area contributed by atoms with E-state index in [2.05, 4.69) is 0 Å². The van der Waals surface area contributed by atoms with Gasteiger partial charge in [-0.15, -0.1) is 0 Å². The molecule has 1 atom stereocenters. The van der Waals surface area contributed by atoms with Gasteiger partial charge in [-0.2, -0.15) is 26.3 Å². The van der Waals surface area contributed by atoms with Gasteiger partial charge in [-0.1, -0.05) is 6.92 Å². The summed E-state index contributed by atoms with van der Waals surface area (Å²) in [6.45, 7) is 2.64. The van der Waals surface area contributed by atoms with E-state index >= 15 is 0 Å². The molecular weight excluding hydrogens is 274 g/mol. The van der Waals surface area contributed by atoms with Crippen molar-refractivity contribution in [1.29, 1.82) is 0 Å². The zero-order valence-electron chi connectivity index (χ0n) is 10.2. The molecule has 1 nitrogen and oxygen atoms in total. The Morgan fingerprint density at radius 1 is 0.842 bits per heavy atom. The Kier molecular flexibility index (Phi) is 3.91. The van der Waals surface area contributed by atoms with Gasteiger partial charge in [0.15, 0.2) is 0 Å². The van der Waals surface area contributed by atoms with Crippen LogP contribution >= 0.6 is 0 Å². The van der Waals surface area contributed by atoms with Crippen molar-refractivity contribution in [2.45, 2.75) is 38.2 Å². The first kappa shape index (κ1) is 15.8. The summed E-state index contributed by atoms with van der Waals surface area (Å²) in [4.78, 5) is 0. The molecule has 0 aliphatic carbocycles. The normalized spacial score (nSPS) is 16.3. The molecule has 0 unspecified atom stereocenters. The molecule has 0 saturated carbocycles. The van der Waals surface area contributed by atoms with E-state index < -0.39 is 34.6 Å². The van der Waals surface area contributed by atoms with Gasteiger partial charge in [0.2, 0.25) is 0 Å². The van der Waals surface area contributed by atoms with E-state index in [1.54, 1.807) is 0 Å². The number of alkyl halides is 6. The van der Waals surface area contributed by atoms with Crippen molar-refractivity contribution in [3.63, 3.8) is 0 Å². The van der Waals surface area contributed by atoms with Crippen molar-refractivity contribution in [3.05, 3.63) is 34.9 Å². The van der Waals surface area contributed by atoms with Gasteiger partial charge in [0.1, 0.15) is 0 Å². The molecule has 0 heterocycles. The summed E-state index contributed by atoms with van der Waals surface area (Å²) in [7, 11) is 0. The highest BCUT2D eigenvalue weighted by Crippen LogP contribution is 2.38. The number of halogens is 6. The van der Waals surface area contributed by atoms with Crippen molar-refractivity contribution < 1.29 is 31.4 Å². The lowest BCUT2D eigenvalue weighted by Gasteiger charge is -2.24. The van der Waals surface area contributed by atoms with Crippen LogP contribution in [0.4, 0.5) is 26.3 Å². The molecule has 0 aromatic heterocycles. The number of aliphatic hydroxyl groups is 1. The summed E-state index contributed by atoms with van der Waals surface area (Å²) in [5.74, 6) is 0. The van der Waals surface area contributed by atoms with E-state index in [1.165, 1.54) is 13.8 Å². The van der Waals surface area contributed by atoms with Gasteiger partial charge < -0.3 is 5.11 Å². The van der Waals surface area contributed by atoms with Gasteiger partial charge >= 0.3 is 12.4 Å². The molecule has 1 aromatic carbocycles. The fraction of sp³-hybridized carbons (Fsp3) is 0.500. The average Bonchev–Trinajstić information content (AvgIpc) is 2.26. The van der Waals surface area contributed by atoms with Crippen molar-refractivity contribution in [3.8, 4) is 0 Å². The van der Waals surface area contributed by atoms with E-state index in [9.17, 15) is 31.4 Å². The van der Waals surface area contributed by atoms with Crippen LogP contribution in [0.1, 0.15) is 37.0 Å². The predicted molar refractivity (Wildman–Crippen MR) is 56.3 cm³/mol. The lowest BCUT2D eigenvalue weighted by Crippen LogP contribution is -2.22. The van der Waals surface area contributed by atoms with Crippen LogP contribution in [0, 0.1) is 0 Å². The number of hydrogen-bond donors (Lipinski definition) is 1. The zero-order chi connectivity index (χ0) is 15.1. The Bertz CT molecular complexity index is 426. The summed E-state index contributed by atoms with van der Waals surface area (Å²) in [6.07, 6.45) is -9.81. The first-order valence-electron chi connectivity index (χ1n) is 5.40. The lowest BCUT2D eigenvalue weighted by atomic mass is 9.90. The van der Waals surface area contributed by atoms with Crippen LogP contribution < -0.4 is 0 Å². The van der Waals surface area contributed by atoms with E-state index in [-0.39, 0.29) is 12.5 Å². The molecule has 0 bridgehead atoms. The van der Waals surface area contributed by atoms with Gasteiger partial charge in [0.25, 0.3) is 0 Å². The Hall–Kier alpha value is -1.24. The summed E-state index contributed by atoms with van der Waals surface area (Å²) in [5, 5.41) is 9.84. The third-order valence-electron chi connectivity index (χ3n) is 2.90. The van der Waals surface area contributed by atoms with Crippen LogP contribution in [0.25, 0.3) is 0 Å². The highest BCUT2D eigenvalue weighted by molar-refractivity contribution is 5.36. The second kappa shape index (κ2) is 4.70. The van der Waals surface area contributed by atoms with E-state index in [4.69, 9.17) is 0 Å². The summed E-state index contributed by atoms with van der Waals surface area (Å²) in [5.41, 5.74) is -5.00. The monoisotopic (exact) mass is 286 g/mol. The van der Waals surface area contributed by atoms with Crippen molar-refractivity contribution >= 4 is 0 Å². The molecule has 1 N–H and O–H groups in total. The van der Waals surface area contributed by atoms with Gasteiger partial charge in [-0.3, -0.25) is 0 Å². The lowest BCUT2D eigenvalue weighted by molar-refractivity contribution is -0.143. The maximum Gasteiger partial charge on any atom is 0.416 e. The summed E-state index contributed by atoms with van der Waals surface area (Å²) < 4.78 is 75.5. The molecule has 1 aromatic rings. The average molecular weight is 286 g/mol. The quantitative estimate of drug-likeness (QED) is 0.802. The molecule has 7 heteroatoms. The predicted octanol–water partition coefficient (Wildman–Crippen LogP) is 4.34. The largest absolute Gasteiger partial charge is 0.416 e.